The van der Waals surface area contributed by atoms with E-state index in [9.17, 15) is 19.7 Å². The zero-order chi connectivity index (χ0) is 21.2. The molecule has 2 amide bonds. The van der Waals surface area contributed by atoms with Gasteiger partial charge in [0.25, 0.3) is 5.69 Å². The van der Waals surface area contributed by atoms with E-state index in [-0.39, 0.29) is 41.2 Å². The van der Waals surface area contributed by atoms with Crippen LogP contribution in [0.25, 0.3) is 11.1 Å². The number of nitro benzene ring substituents is 1. The number of carbonyl (C=O) groups is 2. The molecule has 6 heteroatoms. The van der Waals surface area contributed by atoms with Crippen LogP contribution in [-0.2, 0) is 9.59 Å². The Bertz CT molecular complexity index is 1110. The molecule has 0 radical (unpaired) electrons. The molecule has 0 aromatic heterocycles. The normalized spacial score (nSPS) is 26.5. The van der Waals surface area contributed by atoms with Crippen LogP contribution < -0.4 is 4.90 Å². The highest BCUT2D eigenvalue weighted by Crippen LogP contribution is 2.57. The summed E-state index contributed by atoms with van der Waals surface area (Å²) in [6.45, 7) is 4.10. The van der Waals surface area contributed by atoms with Gasteiger partial charge < -0.3 is 0 Å². The summed E-state index contributed by atoms with van der Waals surface area (Å²) in [5, 5.41) is 10.8. The molecular formula is C24H20N2O4. The van der Waals surface area contributed by atoms with Crippen LogP contribution in [0.2, 0.25) is 0 Å². The summed E-state index contributed by atoms with van der Waals surface area (Å²) in [7, 11) is 0. The number of non-ortho nitro benzene ring substituents is 1. The molecule has 2 bridgehead atoms. The Kier molecular flexibility index (Phi) is 4.00. The molecule has 0 N–H and O–H groups in total. The zero-order valence-corrected chi connectivity index (χ0v) is 16.6. The third-order valence-corrected chi connectivity index (χ3v) is 6.53. The van der Waals surface area contributed by atoms with Gasteiger partial charge in [-0.2, -0.15) is 0 Å². The van der Waals surface area contributed by atoms with Crippen molar-refractivity contribution in [1.29, 1.82) is 0 Å². The van der Waals surface area contributed by atoms with E-state index in [1.165, 1.54) is 28.2 Å². The fourth-order valence-corrected chi connectivity index (χ4v) is 5.26. The van der Waals surface area contributed by atoms with Crippen LogP contribution >= 0.6 is 0 Å². The van der Waals surface area contributed by atoms with Gasteiger partial charge in [-0.3, -0.25) is 19.7 Å². The summed E-state index contributed by atoms with van der Waals surface area (Å²) in [4.78, 5) is 38.1. The van der Waals surface area contributed by atoms with E-state index in [1.807, 2.05) is 26.0 Å². The van der Waals surface area contributed by atoms with Crippen molar-refractivity contribution in [2.45, 2.75) is 13.8 Å². The molecule has 2 aromatic carbocycles. The number of anilines is 1. The van der Waals surface area contributed by atoms with Gasteiger partial charge >= 0.3 is 0 Å². The van der Waals surface area contributed by atoms with E-state index >= 15 is 0 Å². The fraction of sp³-hybridized carbons (Fsp3) is 0.250. The van der Waals surface area contributed by atoms with E-state index in [0.717, 1.165) is 11.1 Å². The molecule has 2 aliphatic carbocycles. The zero-order valence-electron chi connectivity index (χ0n) is 16.6. The van der Waals surface area contributed by atoms with E-state index in [4.69, 9.17) is 0 Å². The summed E-state index contributed by atoms with van der Waals surface area (Å²) < 4.78 is 0. The van der Waals surface area contributed by atoms with Gasteiger partial charge in [0.15, 0.2) is 0 Å². The van der Waals surface area contributed by atoms with Gasteiger partial charge in [0.2, 0.25) is 11.8 Å². The smallest absolute Gasteiger partial charge is 0.269 e. The average Bonchev–Trinajstić information content (AvgIpc) is 3.38. The molecule has 6 nitrogen and oxygen atoms in total. The molecule has 0 spiro atoms. The van der Waals surface area contributed by atoms with Crippen LogP contribution in [-0.4, -0.2) is 16.7 Å². The molecule has 2 aromatic rings. The van der Waals surface area contributed by atoms with Crippen molar-refractivity contribution in [1.82, 2.24) is 0 Å². The minimum absolute atomic E-state index is 0.0332. The van der Waals surface area contributed by atoms with Crippen molar-refractivity contribution in [3.05, 3.63) is 81.9 Å². The highest BCUT2D eigenvalue weighted by molar-refractivity contribution is 6.23. The number of nitro groups is 1. The molecule has 30 heavy (non-hydrogen) atoms. The topological polar surface area (TPSA) is 80.5 Å². The van der Waals surface area contributed by atoms with Crippen molar-refractivity contribution < 1.29 is 14.5 Å². The van der Waals surface area contributed by atoms with Gasteiger partial charge in [0.1, 0.15) is 0 Å². The van der Waals surface area contributed by atoms with E-state index < -0.39 is 4.92 Å². The number of carbonyl (C=O) groups excluding carboxylic acids is 2. The molecule has 150 valence electrons. The first-order chi connectivity index (χ1) is 14.4. The maximum absolute atomic E-state index is 13.2. The summed E-state index contributed by atoms with van der Waals surface area (Å²) in [6.07, 6.45) is 4.17. The highest BCUT2D eigenvalue weighted by atomic mass is 16.6. The predicted octanol–water partition coefficient (Wildman–Crippen LogP) is 4.52. The van der Waals surface area contributed by atoms with Crippen molar-refractivity contribution in [3.8, 4) is 11.1 Å². The van der Waals surface area contributed by atoms with Crippen LogP contribution in [0.1, 0.15) is 13.8 Å². The number of nitrogens with zero attached hydrogens (tertiary/aromatic N) is 2. The second-order valence-corrected chi connectivity index (χ2v) is 8.31. The number of fused-ring (bicyclic) bond motifs is 5. The van der Waals surface area contributed by atoms with Crippen LogP contribution in [0.3, 0.4) is 0 Å². The largest absolute Gasteiger partial charge is 0.274 e. The number of allylic oxidation sites excluding steroid dienone is 4. The molecule has 3 aliphatic rings. The van der Waals surface area contributed by atoms with Gasteiger partial charge in [-0.1, -0.05) is 35.4 Å². The second-order valence-electron chi connectivity index (χ2n) is 8.31. The summed E-state index contributed by atoms with van der Waals surface area (Å²) in [6, 6.07) is 13.5. The van der Waals surface area contributed by atoms with Gasteiger partial charge in [-0.25, -0.2) is 4.90 Å². The molecule has 4 atom stereocenters. The Morgan fingerprint density at radius 2 is 1.30 bits per heavy atom. The van der Waals surface area contributed by atoms with Crippen molar-refractivity contribution in [3.63, 3.8) is 0 Å². The summed E-state index contributed by atoms with van der Waals surface area (Å²) in [5.74, 6) is -0.775. The van der Waals surface area contributed by atoms with E-state index in [2.05, 4.69) is 12.2 Å². The number of hydrogen-bond donors (Lipinski definition) is 0. The molecule has 1 aliphatic heterocycles. The lowest BCUT2D eigenvalue weighted by Gasteiger charge is -2.19. The van der Waals surface area contributed by atoms with Gasteiger partial charge in [0, 0.05) is 24.0 Å². The Labute approximate surface area is 173 Å². The van der Waals surface area contributed by atoms with Gasteiger partial charge in [-0.05, 0) is 49.2 Å². The lowest BCUT2D eigenvalue weighted by atomic mass is 9.85. The third kappa shape index (κ3) is 2.49. The van der Waals surface area contributed by atoms with E-state index in [0.29, 0.717) is 5.69 Å². The minimum Gasteiger partial charge on any atom is -0.274 e. The molecular weight excluding hydrogens is 380 g/mol. The monoisotopic (exact) mass is 400 g/mol. The van der Waals surface area contributed by atoms with Crippen LogP contribution in [0.5, 0.6) is 0 Å². The van der Waals surface area contributed by atoms with Crippen molar-refractivity contribution in [2.24, 2.45) is 23.7 Å². The molecule has 1 saturated carbocycles. The first-order valence-electron chi connectivity index (χ1n) is 9.97. The van der Waals surface area contributed by atoms with Crippen LogP contribution in [0.15, 0.2) is 71.8 Å². The highest BCUT2D eigenvalue weighted by Gasteiger charge is 2.61. The van der Waals surface area contributed by atoms with E-state index in [1.54, 1.807) is 24.3 Å². The minimum atomic E-state index is -0.434. The van der Waals surface area contributed by atoms with Crippen LogP contribution in [0, 0.1) is 33.8 Å². The second kappa shape index (κ2) is 6.49. The fourth-order valence-electron chi connectivity index (χ4n) is 5.26. The number of hydrogen-bond acceptors (Lipinski definition) is 4. The Morgan fingerprint density at radius 1 is 0.833 bits per heavy atom. The maximum atomic E-state index is 13.2. The molecule has 1 saturated heterocycles. The molecule has 0 unspecified atom stereocenters. The SMILES string of the molecule is CC(C)=C1[C@H]2C=C[C@H]1[C@H]1C(=O)N(c3ccc(-c4ccc([N+](=O)[O-])cc4)cc3)C(=O)[C@@H]12. The number of imide groups is 1. The molecule has 1 heterocycles. The quantitative estimate of drug-likeness (QED) is 0.328. The Balaban J connectivity index is 1.43. The van der Waals surface area contributed by atoms with Crippen molar-refractivity contribution in [2.75, 3.05) is 4.90 Å². The number of amides is 2. The third-order valence-electron chi connectivity index (χ3n) is 6.53. The first-order valence-corrected chi connectivity index (χ1v) is 9.97. The predicted molar refractivity (Wildman–Crippen MR) is 112 cm³/mol. The lowest BCUT2D eigenvalue weighted by Crippen LogP contribution is -2.33. The molecule has 2 fully saturated rings. The van der Waals surface area contributed by atoms with Gasteiger partial charge in [0.05, 0.1) is 22.4 Å². The summed E-state index contributed by atoms with van der Waals surface area (Å²) in [5.41, 5.74) is 4.74. The number of benzene rings is 2. The standard InChI is InChI=1S/C24H20N2O4/c1-13(2)20-18-11-12-19(20)22-21(18)23(27)25(24(22)28)16-7-3-14(4-8-16)15-5-9-17(10-6-15)26(29)30/h3-12,18-19,21-22H,1-2H3/t18-,19-,21-,22-/m1/s1. The Hall–Kier alpha value is -3.54. The summed E-state index contributed by atoms with van der Waals surface area (Å²) >= 11 is 0. The Morgan fingerprint density at radius 3 is 1.73 bits per heavy atom. The maximum Gasteiger partial charge on any atom is 0.269 e. The van der Waals surface area contributed by atoms with Gasteiger partial charge in [-0.15, -0.1) is 0 Å². The van der Waals surface area contributed by atoms with Crippen molar-refractivity contribution >= 4 is 23.2 Å². The average molecular weight is 400 g/mol. The van der Waals surface area contributed by atoms with Crippen LogP contribution in [0.4, 0.5) is 11.4 Å². The first kappa shape index (κ1) is 18.5. The number of rotatable bonds is 3. The molecule has 5 rings (SSSR count). The lowest BCUT2D eigenvalue weighted by molar-refractivity contribution is -0.384.